The fourth-order valence-electron chi connectivity index (χ4n) is 4.43. The molecule has 8 nitrogen and oxygen atoms in total. The maximum absolute atomic E-state index is 15.7. The number of pyridine rings is 1. The molecule has 0 spiro atoms. The van der Waals surface area contributed by atoms with Crippen LogP contribution in [0.25, 0.3) is 21.1 Å². The number of nitrogens with zero attached hydrogens (tertiary/aromatic N) is 3. The molecule has 1 atom stereocenters. The number of benzene rings is 1. The number of nitrogens with one attached hydrogen (secondary N) is 1. The highest BCUT2D eigenvalue weighted by molar-refractivity contribution is 7.21. The van der Waals surface area contributed by atoms with Gasteiger partial charge in [-0.1, -0.05) is 17.5 Å². The Hall–Kier alpha value is -3.65. The first-order valence-electron chi connectivity index (χ1n) is 11.4. The molecule has 4 heterocycles. The fraction of sp³-hybridized carbons (Fsp3) is 0.269. The van der Waals surface area contributed by atoms with Crippen molar-refractivity contribution in [2.75, 3.05) is 26.7 Å². The number of methoxy groups -OCH3 is 1. The molecular weight excluding hydrogens is 519 g/mol. The Kier molecular flexibility index (Phi) is 6.77. The number of fused-ring (bicyclic) bond motifs is 2. The molecule has 190 valence electrons. The van der Waals surface area contributed by atoms with Crippen molar-refractivity contribution in [3.63, 3.8) is 0 Å². The summed E-state index contributed by atoms with van der Waals surface area (Å²) in [5.74, 6) is 1.78. The Morgan fingerprint density at radius 2 is 2.16 bits per heavy atom. The molecule has 1 aromatic carbocycles. The van der Waals surface area contributed by atoms with Gasteiger partial charge in [-0.05, 0) is 31.5 Å². The van der Waals surface area contributed by atoms with Crippen LogP contribution in [0.2, 0.25) is 5.02 Å². The van der Waals surface area contributed by atoms with Crippen LogP contribution in [0.4, 0.5) is 9.18 Å². The first-order chi connectivity index (χ1) is 17.8. The minimum Gasteiger partial charge on any atom is -0.453 e. The van der Waals surface area contributed by atoms with Crippen molar-refractivity contribution in [2.24, 2.45) is 0 Å². The Balaban J connectivity index is 1.48. The maximum atomic E-state index is 15.7. The second-order valence-corrected chi connectivity index (χ2v) is 9.93. The van der Waals surface area contributed by atoms with E-state index >= 15 is 4.39 Å². The molecular formula is C26H22ClFN4O4S. The van der Waals surface area contributed by atoms with Gasteiger partial charge in [0.05, 0.1) is 43.7 Å². The summed E-state index contributed by atoms with van der Waals surface area (Å²) in [6.07, 6.45) is 7.58. The third-order valence-electron chi connectivity index (χ3n) is 6.31. The van der Waals surface area contributed by atoms with Gasteiger partial charge in [-0.15, -0.1) is 17.8 Å². The largest absolute Gasteiger partial charge is 0.453 e. The van der Waals surface area contributed by atoms with Gasteiger partial charge in [0, 0.05) is 38.2 Å². The lowest BCUT2D eigenvalue weighted by atomic mass is 10.2. The van der Waals surface area contributed by atoms with Gasteiger partial charge >= 0.3 is 6.03 Å². The number of carbonyl (C=O) groups excluding carboxylic acids is 2. The van der Waals surface area contributed by atoms with Crippen LogP contribution in [0, 0.1) is 25.1 Å². The average Bonchev–Trinajstić information content (AvgIpc) is 3.61. The van der Waals surface area contributed by atoms with Gasteiger partial charge in [0.15, 0.2) is 11.6 Å². The smallest absolute Gasteiger partial charge is 0.327 e. The first kappa shape index (κ1) is 25.0. The van der Waals surface area contributed by atoms with Gasteiger partial charge in [0.25, 0.3) is 5.91 Å². The molecule has 1 saturated heterocycles. The van der Waals surface area contributed by atoms with Crippen LogP contribution in [-0.4, -0.2) is 59.2 Å². The van der Waals surface area contributed by atoms with Gasteiger partial charge < -0.3 is 19.7 Å². The van der Waals surface area contributed by atoms with E-state index in [4.69, 9.17) is 27.5 Å². The molecule has 1 unspecified atom stereocenters. The van der Waals surface area contributed by atoms with E-state index in [1.165, 1.54) is 28.2 Å². The summed E-state index contributed by atoms with van der Waals surface area (Å²) in [6.45, 7) is 2.79. The highest BCUT2D eigenvalue weighted by atomic mass is 35.5. The topological polar surface area (TPSA) is 85.7 Å². The summed E-state index contributed by atoms with van der Waals surface area (Å²) < 4.78 is 28.9. The number of terminal acetylenes is 1. The number of rotatable bonds is 5. The molecule has 4 aromatic rings. The fourth-order valence-corrected chi connectivity index (χ4v) is 5.73. The second kappa shape index (κ2) is 10.0. The second-order valence-electron chi connectivity index (χ2n) is 8.50. The van der Waals surface area contributed by atoms with Gasteiger partial charge in [0.2, 0.25) is 0 Å². The molecule has 5 rings (SSSR count). The molecule has 1 aliphatic heterocycles. The van der Waals surface area contributed by atoms with Crippen molar-refractivity contribution in [3.8, 4) is 23.8 Å². The quantitative estimate of drug-likeness (QED) is 0.352. The lowest BCUT2D eigenvalue weighted by Gasteiger charge is -2.14. The predicted molar refractivity (Wildman–Crippen MR) is 140 cm³/mol. The van der Waals surface area contributed by atoms with Crippen molar-refractivity contribution >= 4 is 56.0 Å². The monoisotopic (exact) mass is 540 g/mol. The number of amides is 2. The van der Waals surface area contributed by atoms with Crippen LogP contribution in [0.15, 0.2) is 30.5 Å². The SMILES string of the molecule is C#CCNC(=O)n1c(C)c(Cl)c2c(F)c(Oc3ccnc4cc(C(=O)N5CCC(OC)C5)sc34)ccc21. The average molecular weight is 541 g/mol. The molecule has 1 fully saturated rings. The lowest BCUT2D eigenvalue weighted by Crippen LogP contribution is -2.29. The van der Waals surface area contributed by atoms with Crippen molar-refractivity contribution < 1.29 is 23.5 Å². The maximum Gasteiger partial charge on any atom is 0.327 e. The third-order valence-corrected chi connectivity index (χ3v) is 7.90. The number of thiophene rings is 1. The third kappa shape index (κ3) is 4.39. The number of halogens is 2. The van der Waals surface area contributed by atoms with Gasteiger partial charge in [-0.2, -0.15) is 0 Å². The van der Waals surface area contributed by atoms with Crippen LogP contribution in [-0.2, 0) is 4.74 Å². The van der Waals surface area contributed by atoms with Crippen molar-refractivity contribution in [3.05, 3.63) is 51.9 Å². The van der Waals surface area contributed by atoms with Crippen LogP contribution in [0.5, 0.6) is 11.5 Å². The zero-order chi connectivity index (χ0) is 26.3. The number of hydrogen-bond acceptors (Lipinski definition) is 6. The molecule has 1 aliphatic rings. The van der Waals surface area contributed by atoms with Crippen LogP contribution < -0.4 is 10.1 Å². The number of ether oxygens (including phenoxy) is 2. The van der Waals surface area contributed by atoms with E-state index < -0.39 is 11.8 Å². The van der Waals surface area contributed by atoms with Crippen molar-refractivity contribution in [1.29, 1.82) is 0 Å². The molecule has 0 saturated carbocycles. The number of likely N-dealkylation sites (tertiary alicyclic amines) is 1. The minimum absolute atomic E-state index is 0.0211. The summed E-state index contributed by atoms with van der Waals surface area (Å²) >= 11 is 7.66. The Morgan fingerprint density at radius 3 is 2.89 bits per heavy atom. The lowest BCUT2D eigenvalue weighted by molar-refractivity contribution is 0.0728. The van der Waals surface area contributed by atoms with Gasteiger partial charge in [0.1, 0.15) is 5.75 Å². The normalized spacial score (nSPS) is 15.3. The summed E-state index contributed by atoms with van der Waals surface area (Å²) in [5.41, 5.74) is 1.22. The molecule has 11 heteroatoms. The first-order valence-corrected chi connectivity index (χ1v) is 12.6. The molecule has 3 aromatic heterocycles. The summed E-state index contributed by atoms with van der Waals surface area (Å²) in [7, 11) is 1.64. The Bertz CT molecular complexity index is 1590. The molecule has 37 heavy (non-hydrogen) atoms. The number of carbonyl (C=O) groups is 2. The summed E-state index contributed by atoms with van der Waals surface area (Å²) in [5, 5.41) is 2.71. The van der Waals surface area contributed by atoms with Crippen LogP contribution in [0.3, 0.4) is 0 Å². The van der Waals surface area contributed by atoms with E-state index in [0.717, 1.165) is 6.42 Å². The summed E-state index contributed by atoms with van der Waals surface area (Å²) in [4.78, 5) is 32.2. The minimum atomic E-state index is -0.713. The molecule has 2 amide bonds. The standard InChI is InChI=1S/C26H22ClFN4O4S/c1-4-9-30-26(34)32-14(2)22(27)21-17(32)5-6-18(23(21)28)36-19-7-10-29-16-12-20(37-24(16)19)25(33)31-11-8-15(13-31)35-3/h1,5-7,10,12,15H,8-9,11,13H2,2-3H3,(H,30,34). The van der Waals surface area contributed by atoms with Crippen molar-refractivity contribution in [2.45, 2.75) is 19.4 Å². The summed E-state index contributed by atoms with van der Waals surface area (Å²) in [6, 6.07) is 5.80. The molecule has 0 aliphatic carbocycles. The number of hydrogen-bond donors (Lipinski definition) is 1. The Labute approximate surface area is 220 Å². The number of aromatic nitrogens is 2. The molecule has 0 radical (unpaired) electrons. The molecule has 1 N–H and O–H groups in total. The van der Waals surface area contributed by atoms with Crippen LogP contribution in [0.1, 0.15) is 21.8 Å². The van der Waals surface area contributed by atoms with Crippen molar-refractivity contribution in [1.82, 2.24) is 19.8 Å². The van der Waals surface area contributed by atoms with Gasteiger partial charge in [-0.3, -0.25) is 14.3 Å². The zero-order valence-electron chi connectivity index (χ0n) is 20.0. The van der Waals surface area contributed by atoms with Gasteiger partial charge in [-0.25, -0.2) is 9.18 Å². The Morgan fingerprint density at radius 1 is 1.35 bits per heavy atom. The van der Waals surface area contributed by atoms with E-state index in [9.17, 15) is 9.59 Å². The van der Waals surface area contributed by atoms with E-state index in [-0.39, 0.29) is 40.2 Å². The van der Waals surface area contributed by atoms with E-state index in [0.29, 0.717) is 39.6 Å². The van der Waals surface area contributed by atoms with Crippen LogP contribution >= 0.6 is 22.9 Å². The highest BCUT2D eigenvalue weighted by Gasteiger charge is 2.28. The predicted octanol–water partition coefficient (Wildman–Crippen LogP) is 5.20. The zero-order valence-corrected chi connectivity index (χ0v) is 21.6. The highest BCUT2D eigenvalue weighted by Crippen LogP contribution is 2.40. The van der Waals surface area contributed by atoms with E-state index in [1.807, 2.05) is 0 Å². The van der Waals surface area contributed by atoms with E-state index in [2.05, 4.69) is 16.2 Å². The van der Waals surface area contributed by atoms with E-state index in [1.54, 1.807) is 37.1 Å². The molecule has 0 bridgehead atoms.